The SMILES string of the molecule is CC(=O)CCCCC(C)C1CC(O)C(C)C(=O)NC(Cc2ccccc2)C(=O)N2CCCC2C(=O)O1. The van der Waals surface area contributed by atoms with Crippen LogP contribution in [0.15, 0.2) is 30.3 Å². The van der Waals surface area contributed by atoms with E-state index in [-0.39, 0.29) is 24.0 Å². The number of carbonyl (C=O) groups is 4. The first kappa shape index (κ1) is 27.8. The van der Waals surface area contributed by atoms with Gasteiger partial charge in [-0.25, -0.2) is 4.79 Å². The summed E-state index contributed by atoms with van der Waals surface area (Å²) in [5.74, 6) is -1.85. The number of cyclic esters (lactones) is 1. The monoisotopic (exact) mass is 500 g/mol. The van der Waals surface area contributed by atoms with Gasteiger partial charge in [-0.2, -0.15) is 0 Å². The largest absolute Gasteiger partial charge is 0.460 e. The average molecular weight is 501 g/mol. The Kier molecular flexibility index (Phi) is 10.0. The van der Waals surface area contributed by atoms with E-state index in [9.17, 15) is 24.3 Å². The fourth-order valence-corrected chi connectivity index (χ4v) is 5.10. The van der Waals surface area contributed by atoms with Crippen LogP contribution in [0.5, 0.6) is 0 Å². The van der Waals surface area contributed by atoms with Crippen molar-refractivity contribution in [3.63, 3.8) is 0 Å². The number of esters is 1. The van der Waals surface area contributed by atoms with E-state index in [1.165, 1.54) is 0 Å². The number of carbonyl (C=O) groups excluding carboxylic acids is 4. The molecule has 2 aliphatic heterocycles. The van der Waals surface area contributed by atoms with Gasteiger partial charge in [0.05, 0.1) is 12.0 Å². The van der Waals surface area contributed by atoms with E-state index < -0.39 is 42.1 Å². The molecule has 36 heavy (non-hydrogen) atoms. The number of amides is 2. The third-order valence-corrected chi connectivity index (χ3v) is 7.51. The highest BCUT2D eigenvalue weighted by Crippen LogP contribution is 2.27. The zero-order valence-electron chi connectivity index (χ0n) is 21.7. The number of hydrogen-bond acceptors (Lipinski definition) is 6. The van der Waals surface area contributed by atoms with Gasteiger partial charge in [-0.1, -0.05) is 50.6 Å². The van der Waals surface area contributed by atoms with Gasteiger partial charge >= 0.3 is 5.97 Å². The van der Waals surface area contributed by atoms with Crippen LogP contribution in [0.2, 0.25) is 0 Å². The number of benzene rings is 1. The van der Waals surface area contributed by atoms with Crippen LogP contribution >= 0.6 is 0 Å². The number of Topliss-reactive ketones (excluding diaryl/α,β-unsaturated/α-hetero) is 1. The van der Waals surface area contributed by atoms with Gasteiger partial charge in [0.15, 0.2) is 0 Å². The molecule has 0 radical (unpaired) electrons. The summed E-state index contributed by atoms with van der Waals surface area (Å²) < 4.78 is 5.94. The molecule has 2 N–H and O–H groups in total. The van der Waals surface area contributed by atoms with Crippen LogP contribution < -0.4 is 5.32 Å². The summed E-state index contributed by atoms with van der Waals surface area (Å²) in [4.78, 5) is 52.8. The van der Waals surface area contributed by atoms with E-state index in [1.54, 1.807) is 18.7 Å². The topological polar surface area (TPSA) is 113 Å². The van der Waals surface area contributed by atoms with Crippen LogP contribution in [0.1, 0.15) is 71.3 Å². The maximum Gasteiger partial charge on any atom is 0.329 e. The number of fused-ring (bicyclic) bond motifs is 1. The van der Waals surface area contributed by atoms with Crippen LogP contribution in [0.3, 0.4) is 0 Å². The molecule has 6 unspecified atom stereocenters. The molecule has 2 saturated heterocycles. The molecule has 2 amide bonds. The standard InChI is InChI=1S/C28H40N2O6/c1-18(10-7-8-11-19(2)31)25-17-24(32)20(3)26(33)29-22(16-21-12-5-4-6-13-21)27(34)30-15-9-14-23(30)28(35)36-25/h4-6,12-13,18,20,22-25,32H,7-11,14-17H2,1-3H3,(H,29,33). The molecular weight excluding hydrogens is 460 g/mol. The first-order valence-corrected chi connectivity index (χ1v) is 13.2. The molecule has 8 nitrogen and oxygen atoms in total. The van der Waals surface area contributed by atoms with E-state index in [0.717, 1.165) is 24.8 Å². The van der Waals surface area contributed by atoms with Crippen LogP contribution in [-0.2, 0) is 30.3 Å². The van der Waals surface area contributed by atoms with Gasteiger partial charge in [0.2, 0.25) is 11.8 Å². The molecule has 6 atom stereocenters. The van der Waals surface area contributed by atoms with E-state index >= 15 is 0 Å². The van der Waals surface area contributed by atoms with Gasteiger partial charge in [0, 0.05) is 25.8 Å². The maximum atomic E-state index is 13.6. The van der Waals surface area contributed by atoms with Crippen molar-refractivity contribution in [3.05, 3.63) is 35.9 Å². The van der Waals surface area contributed by atoms with E-state index in [2.05, 4.69) is 5.32 Å². The summed E-state index contributed by atoms with van der Waals surface area (Å²) >= 11 is 0. The average Bonchev–Trinajstić information content (AvgIpc) is 3.34. The second-order valence-electron chi connectivity index (χ2n) is 10.4. The normalized spacial score (nSPS) is 28.4. The number of nitrogens with one attached hydrogen (secondary N) is 1. The predicted molar refractivity (Wildman–Crippen MR) is 135 cm³/mol. The Morgan fingerprint density at radius 2 is 1.92 bits per heavy atom. The number of ether oxygens (including phenoxy) is 1. The van der Waals surface area contributed by atoms with Gasteiger partial charge < -0.3 is 24.9 Å². The predicted octanol–water partition coefficient (Wildman–Crippen LogP) is 2.80. The zero-order chi connectivity index (χ0) is 26.2. The second-order valence-corrected chi connectivity index (χ2v) is 10.4. The molecule has 1 aromatic rings. The van der Waals surface area contributed by atoms with Crippen LogP contribution in [0, 0.1) is 11.8 Å². The van der Waals surface area contributed by atoms with Crippen molar-refractivity contribution in [2.45, 2.75) is 96.4 Å². The van der Waals surface area contributed by atoms with Crippen molar-refractivity contribution >= 4 is 23.6 Å². The fourth-order valence-electron chi connectivity index (χ4n) is 5.10. The van der Waals surface area contributed by atoms with Gasteiger partial charge in [-0.15, -0.1) is 0 Å². The molecule has 198 valence electrons. The van der Waals surface area contributed by atoms with E-state index in [4.69, 9.17) is 4.74 Å². The molecule has 0 aromatic heterocycles. The molecule has 1 aromatic carbocycles. The van der Waals surface area contributed by atoms with Gasteiger partial charge in [-0.3, -0.25) is 9.59 Å². The highest BCUT2D eigenvalue weighted by molar-refractivity contribution is 5.92. The van der Waals surface area contributed by atoms with Gasteiger partial charge in [-0.05, 0) is 44.1 Å². The number of nitrogens with zero attached hydrogens (tertiary/aromatic N) is 1. The summed E-state index contributed by atoms with van der Waals surface area (Å²) in [7, 11) is 0. The fraction of sp³-hybridized carbons (Fsp3) is 0.643. The quantitative estimate of drug-likeness (QED) is 0.419. The number of aliphatic hydroxyl groups excluding tert-OH is 1. The zero-order valence-corrected chi connectivity index (χ0v) is 21.7. The molecule has 2 fully saturated rings. The maximum absolute atomic E-state index is 13.6. The molecule has 0 saturated carbocycles. The minimum Gasteiger partial charge on any atom is -0.460 e. The molecule has 2 heterocycles. The van der Waals surface area contributed by atoms with Crippen LogP contribution in [0.25, 0.3) is 0 Å². The van der Waals surface area contributed by atoms with Gasteiger partial charge in [0.1, 0.15) is 24.0 Å². The summed E-state index contributed by atoms with van der Waals surface area (Å²) in [6.45, 7) is 5.59. The van der Waals surface area contributed by atoms with Crippen LogP contribution in [-0.4, -0.2) is 64.4 Å². The molecule has 0 aliphatic carbocycles. The Labute approximate surface area is 213 Å². The summed E-state index contributed by atoms with van der Waals surface area (Å²) in [5, 5.41) is 13.8. The summed E-state index contributed by atoms with van der Waals surface area (Å²) in [5.41, 5.74) is 0.897. The molecule has 8 heteroatoms. The summed E-state index contributed by atoms with van der Waals surface area (Å²) in [6.07, 6.45) is 2.81. The molecule has 0 spiro atoms. The van der Waals surface area contributed by atoms with E-state index in [1.807, 2.05) is 37.3 Å². The Balaban J connectivity index is 1.81. The van der Waals surface area contributed by atoms with Gasteiger partial charge in [0.25, 0.3) is 0 Å². The van der Waals surface area contributed by atoms with Crippen molar-refractivity contribution in [2.24, 2.45) is 11.8 Å². The number of hydrogen-bond donors (Lipinski definition) is 2. The molecule has 2 aliphatic rings. The lowest BCUT2D eigenvalue weighted by molar-refractivity contribution is -0.163. The van der Waals surface area contributed by atoms with Crippen molar-refractivity contribution in [1.29, 1.82) is 0 Å². The first-order valence-electron chi connectivity index (χ1n) is 13.2. The van der Waals surface area contributed by atoms with Crippen molar-refractivity contribution in [3.8, 4) is 0 Å². The molecule has 3 rings (SSSR count). The first-order chi connectivity index (χ1) is 17.2. The Morgan fingerprint density at radius 1 is 1.19 bits per heavy atom. The second kappa shape index (κ2) is 13.0. The van der Waals surface area contributed by atoms with Crippen molar-refractivity contribution in [1.82, 2.24) is 10.2 Å². The lowest BCUT2D eigenvalue weighted by Gasteiger charge is -2.34. The van der Waals surface area contributed by atoms with E-state index in [0.29, 0.717) is 32.2 Å². The van der Waals surface area contributed by atoms with Crippen LogP contribution in [0.4, 0.5) is 0 Å². The highest BCUT2D eigenvalue weighted by atomic mass is 16.5. The minimum absolute atomic E-state index is 0.0647. The Bertz CT molecular complexity index is 920. The number of rotatable bonds is 8. The Hall–Kier alpha value is -2.74. The van der Waals surface area contributed by atoms with Crippen molar-refractivity contribution in [2.75, 3.05) is 6.54 Å². The lowest BCUT2D eigenvalue weighted by atomic mass is 9.89. The summed E-state index contributed by atoms with van der Waals surface area (Å²) in [6, 6.07) is 7.89. The smallest absolute Gasteiger partial charge is 0.329 e. The van der Waals surface area contributed by atoms with Crippen molar-refractivity contribution < 1.29 is 29.0 Å². The third kappa shape index (κ3) is 7.38. The number of unbranched alkanes of at least 4 members (excludes halogenated alkanes) is 1. The molecular formula is C28H40N2O6. The molecule has 0 bridgehead atoms. The number of ketones is 1. The highest BCUT2D eigenvalue weighted by Gasteiger charge is 2.41. The Morgan fingerprint density at radius 3 is 2.61 bits per heavy atom. The third-order valence-electron chi connectivity index (χ3n) is 7.51. The lowest BCUT2D eigenvalue weighted by Crippen LogP contribution is -2.55. The number of aliphatic hydroxyl groups is 1. The minimum atomic E-state index is -1.03.